The van der Waals surface area contributed by atoms with Gasteiger partial charge in [-0.3, -0.25) is 9.20 Å². The Labute approximate surface area is 164 Å². The molecule has 1 aromatic carbocycles. The lowest BCUT2D eigenvalue weighted by atomic mass is 10.2. The summed E-state index contributed by atoms with van der Waals surface area (Å²) in [6, 6.07) is 11.9. The van der Waals surface area contributed by atoms with Gasteiger partial charge in [-0.25, -0.2) is 14.6 Å². The van der Waals surface area contributed by atoms with Crippen LogP contribution in [0.3, 0.4) is 0 Å². The second kappa shape index (κ2) is 6.90. The third-order valence-electron chi connectivity index (χ3n) is 4.49. The molecule has 0 radical (unpaired) electrons. The van der Waals surface area contributed by atoms with Crippen molar-refractivity contribution in [3.63, 3.8) is 0 Å². The van der Waals surface area contributed by atoms with Crippen LogP contribution in [0.1, 0.15) is 21.6 Å². The van der Waals surface area contributed by atoms with Gasteiger partial charge in [0.05, 0.1) is 30.5 Å². The zero-order chi connectivity index (χ0) is 18.9. The Bertz CT molecular complexity index is 1240. The summed E-state index contributed by atoms with van der Waals surface area (Å²) in [5.74, 6) is -0.179. The number of imidazole rings is 1. The molecule has 0 aliphatic rings. The summed E-state index contributed by atoms with van der Waals surface area (Å²) < 4.78 is 3.78. The summed E-state index contributed by atoms with van der Waals surface area (Å²) in [6.45, 7) is 1.01. The average molecular weight is 388 g/mol. The molecule has 0 saturated carbocycles. The standard InChI is InChI=1S/C20H16N6OS/c27-19(22-11-17-13-25-6-7-28-20(25)24-17)16-8-15-10-23-26(18(15)21-9-16)12-14-4-2-1-3-5-14/h1-10,13H,11-12H2,(H,22,27). The summed E-state index contributed by atoms with van der Waals surface area (Å²) in [5.41, 5.74) is 3.24. The quantitative estimate of drug-likeness (QED) is 0.502. The lowest BCUT2D eigenvalue weighted by Gasteiger charge is -2.05. The molecule has 0 aliphatic heterocycles. The molecule has 28 heavy (non-hydrogen) atoms. The fraction of sp³-hybridized carbons (Fsp3) is 0.100. The predicted molar refractivity (Wildman–Crippen MR) is 107 cm³/mol. The summed E-state index contributed by atoms with van der Waals surface area (Å²) in [6.07, 6.45) is 7.20. The number of nitrogens with one attached hydrogen (secondary N) is 1. The number of aromatic nitrogens is 5. The minimum atomic E-state index is -0.179. The highest BCUT2D eigenvalue weighted by molar-refractivity contribution is 7.15. The summed E-state index contributed by atoms with van der Waals surface area (Å²) >= 11 is 1.56. The van der Waals surface area contributed by atoms with Gasteiger partial charge in [-0.05, 0) is 11.6 Å². The third-order valence-corrected chi connectivity index (χ3v) is 5.26. The molecule has 7 nitrogen and oxygen atoms in total. The molecule has 0 spiro atoms. The van der Waals surface area contributed by atoms with Gasteiger partial charge in [0, 0.05) is 29.4 Å². The van der Waals surface area contributed by atoms with E-state index in [4.69, 9.17) is 0 Å². The monoisotopic (exact) mass is 388 g/mol. The van der Waals surface area contributed by atoms with Crippen LogP contribution in [0.15, 0.2) is 66.6 Å². The largest absolute Gasteiger partial charge is 0.346 e. The van der Waals surface area contributed by atoms with Crippen LogP contribution in [0.5, 0.6) is 0 Å². The van der Waals surface area contributed by atoms with Gasteiger partial charge in [0.2, 0.25) is 0 Å². The molecule has 1 N–H and O–H groups in total. The first-order valence-electron chi connectivity index (χ1n) is 8.81. The van der Waals surface area contributed by atoms with Crippen molar-refractivity contribution in [2.75, 3.05) is 0 Å². The molecule has 5 aromatic rings. The van der Waals surface area contributed by atoms with E-state index in [1.54, 1.807) is 23.7 Å². The second-order valence-electron chi connectivity index (χ2n) is 6.43. The molecule has 4 heterocycles. The first kappa shape index (κ1) is 16.6. The minimum Gasteiger partial charge on any atom is -0.346 e. The molecule has 0 fully saturated rings. The van der Waals surface area contributed by atoms with Crippen molar-refractivity contribution in [1.29, 1.82) is 0 Å². The molecule has 0 atom stereocenters. The van der Waals surface area contributed by atoms with Crippen molar-refractivity contribution < 1.29 is 4.79 Å². The average Bonchev–Trinajstić information content (AvgIpc) is 3.42. The first-order chi connectivity index (χ1) is 13.8. The molecular formula is C20H16N6OS. The van der Waals surface area contributed by atoms with Gasteiger partial charge >= 0.3 is 0 Å². The van der Waals surface area contributed by atoms with E-state index in [0.717, 1.165) is 27.3 Å². The molecule has 5 rings (SSSR count). The van der Waals surface area contributed by atoms with E-state index in [1.807, 2.05) is 51.1 Å². The zero-order valence-electron chi connectivity index (χ0n) is 14.8. The first-order valence-corrected chi connectivity index (χ1v) is 9.69. The van der Waals surface area contributed by atoms with Gasteiger partial charge in [0.25, 0.3) is 5.91 Å². The predicted octanol–water partition coefficient (Wildman–Crippen LogP) is 3.12. The smallest absolute Gasteiger partial charge is 0.253 e. The van der Waals surface area contributed by atoms with E-state index in [2.05, 4.69) is 32.5 Å². The Kier molecular flexibility index (Phi) is 4.10. The Morgan fingerprint density at radius 2 is 2.07 bits per heavy atom. The molecule has 8 heteroatoms. The van der Waals surface area contributed by atoms with E-state index >= 15 is 0 Å². The Balaban J connectivity index is 1.31. The van der Waals surface area contributed by atoms with Crippen molar-refractivity contribution in [3.05, 3.63) is 83.4 Å². The topological polar surface area (TPSA) is 77.1 Å². The highest BCUT2D eigenvalue weighted by atomic mass is 32.1. The lowest BCUT2D eigenvalue weighted by Crippen LogP contribution is -2.23. The molecule has 0 bridgehead atoms. The van der Waals surface area contributed by atoms with Gasteiger partial charge in [-0.1, -0.05) is 30.3 Å². The SMILES string of the molecule is O=C(NCc1cn2ccsc2n1)c1cnc2c(cnn2Cc2ccccc2)c1. The number of benzene rings is 1. The summed E-state index contributed by atoms with van der Waals surface area (Å²) in [5, 5.41) is 10.1. The molecule has 1 amide bonds. The maximum atomic E-state index is 12.5. The second-order valence-corrected chi connectivity index (χ2v) is 7.31. The van der Waals surface area contributed by atoms with Crippen LogP contribution in [-0.2, 0) is 13.1 Å². The molecule has 0 aliphatic carbocycles. The van der Waals surface area contributed by atoms with E-state index in [0.29, 0.717) is 18.7 Å². The van der Waals surface area contributed by atoms with Gasteiger partial charge in [0.1, 0.15) is 0 Å². The minimum absolute atomic E-state index is 0.179. The fourth-order valence-electron chi connectivity index (χ4n) is 3.10. The van der Waals surface area contributed by atoms with Crippen molar-refractivity contribution in [1.82, 2.24) is 29.5 Å². The maximum absolute atomic E-state index is 12.5. The Morgan fingerprint density at radius 1 is 1.18 bits per heavy atom. The number of hydrogen-bond acceptors (Lipinski definition) is 5. The van der Waals surface area contributed by atoms with Crippen molar-refractivity contribution >= 4 is 33.2 Å². The zero-order valence-corrected chi connectivity index (χ0v) is 15.6. The van der Waals surface area contributed by atoms with Crippen molar-refractivity contribution in [2.45, 2.75) is 13.1 Å². The molecule has 138 valence electrons. The van der Waals surface area contributed by atoms with Crippen LogP contribution < -0.4 is 5.32 Å². The molecule has 0 unspecified atom stereocenters. The van der Waals surface area contributed by atoms with E-state index in [9.17, 15) is 4.79 Å². The van der Waals surface area contributed by atoms with Gasteiger partial charge in [0.15, 0.2) is 10.6 Å². The number of pyridine rings is 1. The summed E-state index contributed by atoms with van der Waals surface area (Å²) in [4.78, 5) is 22.3. The molecule has 0 saturated heterocycles. The third kappa shape index (κ3) is 3.14. The maximum Gasteiger partial charge on any atom is 0.253 e. The van der Waals surface area contributed by atoms with Crippen LogP contribution in [0.4, 0.5) is 0 Å². The van der Waals surface area contributed by atoms with Crippen LogP contribution in [-0.4, -0.2) is 30.1 Å². The number of hydrogen-bond donors (Lipinski definition) is 1. The number of thiazole rings is 1. The van der Waals surface area contributed by atoms with Gasteiger partial charge < -0.3 is 5.32 Å². The van der Waals surface area contributed by atoms with Crippen molar-refractivity contribution in [2.24, 2.45) is 0 Å². The van der Waals surface area contributed by atoms with Gasteiger partial charge in [-0.15, -0.1) is 11.3 Å². The lowest BCUT2D eigenvalue weighted by molar-refractivity contribution is 0.0950. The highest BCUT2D eigenvalue weighted by Gasteiger charge is 2.11. The van der Waals surface area contributed by atoms with Crippen LogP contribution in [0, 0.1) is 0 Å². The van der Waals surface area contributed by atoms with Crippen LogP contribution in [0.25, 0.3) is 16.0 Å². The molecule has 4 aromatic heterocycles. The molecular weight excluding hydrogens is 372 g/mol. The fourth-order valence-corrected chi connectivity index (χ4v) is 3.82. The normalized spacial score (nSPS) is 11.3. The van der Waals surface area contributed by atoms with Crippen LogP contribution in [0.2, 0.25) is 0 Å². The number of fused-ring (bicyclic) bond motifs is 2. The number of nitrogens with zero attached hydrogens (tertiary/aromatic N) is 5. The summed E-state index contributed by atoms with van der Waals surface area (Å²) in [7, 11) is 0. The Hall–Kier alpha value is -3.52. The number of carbonyl (C=O) groups is 1. The number of rotatable bonds is 5. The number of amides is 1. The van der Waals surface area contributed by atoms with Crippen molar-refractivity contribution in [3.8, 4) is 0 Å². The Morgan fingerprint density at radius 3 is 2.93 bits per heavy atom. The van der Waals surface area contributed by atoms with E-state index < -0.39 is 0 Å². The van der Waals surface area contributed by atoms with Gasteiger partial charge in [-0.2, -0.15) is 5.10 Å². The van der Waals surface area contributed by atoms with E-state index in [-0.39, 0.29) is 5.91 Å². The van der Waals surface area contributed by atoms with E-state index in [1.165, 1.54) is 0 Å². The highest BCUT2D eigenvalue weighted by Crippen LogP contribution is 2.15. The van der Waals surface area contributed by atoms with Crippen LogP contribution >= 0.6 is 11.3 Å². The number of carbonyl (C=O) groups excluding carboxylic acids is 1.